The largest absolute Gasteiger partial charge is 0.488 e. The van der Waals surface area contributed by atoms with Gasteiger partial charge in [0, 0.05) is 20.6 Å². The first-order chi connectivity index (χ1) is 12.5. The van der Waals surface area contributed by atoms with Gasteiger partial charge in [0.2, 0.25) is 11.8 Å². The molecule has 4 amide bonds. The molecule has 1 saturated heterocycles. The molecule has 138 valence electrons. The second kappa shape index (κ2) is 7.22. The second-order valence-corrected chi connectivity index (χ2v) is 5.87. The second-order valence-electron chi connectivity index (χ2n) is 5.87. The molecule has 1 atom stereocenters. The van der Waals surface area contributed by atoms with Crippen LogP contribution < -0.4 is 10.1 Å². The number of rotatable bonds is 6. The van der Waals surface area contributed by atoms with Crippen molar-refractivity contribution in [2.75, 3.05) is 20.8 Å². The Morgan fingerprint density at radius 3 is 2.46 bits per heavy atom. The van der Waals surface area contributed by atoms with E-state index in [9.17, 15) is 19.2 Å². The standard InChI is InChI=1S/C17H18N2O7/c1-24-14(25-2)8-26-9-3-4-10-11(7-9)17(23)19(16(10)22)12-5-6-13(20)18-15(12)21/h3-4,7,12,14H,5-6,8H2,1-2H3,(H,18,20,21). The van der Waals surface area contributed by atoms with E-state index in [-0.39, 0.29) is 30.6 Å². The number of amides is 4. The van der Waals surface area contributed by atoms with E-state index in [1.807, 2.05) is 0 Å². The van der Waals surface area contributed by atoms with Crippen LogP contribution in [0.5, 0.6) is 5.75 Å². The molecule has 1 unspecified atom stereocenters. The van der Waals surface area contributed by atoms with Gasteiger partial charge in [-0.2, -0.15) is 0 Å². The summed E-state index contributed by atoms with van der Waals surface area (Å²) in [6.07, 6.45) is -0.378. The molecule has 0 bridgehead atoms. The smallest absolute Gasteiger partial charge is 0.262 e. The van der Waals surface area contributed by atoms with Crippen molar-refractivity contribution in [3.05, 3.63) is 29.3 Å². The number of piperidine rings is 1. The maximum Gasteiger partial charge on any atom is 0.262 e. The molecule has 3 rings (SSSR count). The molecule has 2 heterocycles. The van der Waals surface area contributed by atoms with Gasteiger partial charge in [-0.3, -0.25) is 29.4 Å². The Kier molecular flexibility index (Phi) is 5.01. The number of carbonyl (C=O) groups excluding carboxylic acids is 4. The van der Waals surface area contributed by atoms with Crippen molar-refractivity contribution < 1.29 is 33.4 Å². The molecule has 0 aliphatic carbocycles. The van der Waals surface area contributed by atoms with Crippen molar-refractivity contribution >= 4 is 23.6 Å². The highest BCUT2D eigenvalue weighted by atomic mass is 16.7. The van der Waals surface area contributed by atoms with Crippen LogP contribution in [0, 0.1) is 0 Å². The Morgan fingerprint density at radius 1 is 1.12 bits per heavy atom. The highest BCUT2D eigenvalue weighted by Gasteiger charge is 2.44. The lowest BCUT2D eigenvalue weighted by molar-refractivity contribution is -0.136. The summed E-state index contributed by atoms with van der Waals surface area (Å²) in [5.74, 6) is -1.83. The molecule has 26 heavy (non-hydrogen) atoms. The lowest BCUT2D eigenvalue weighted by Crippen LogP contribution is -2.54. The molecule has 2 aliphatic heterocycles. The molecule has 9 nitrogen and oxygen atoms in total. The van der Waals surface area contributed by atoms with Crippen LogP contribution >= 0.6 is 0 Å². The Hall–Kier alpha value is -2.78. The van der Waals surface area contributed by atoms with Crippen molar-refractivity contribution in [1.82, 2.24) is 10.2 Å². The van der Waals surface area contributed by atoms with Crippen molar-refractivity contribution in [3.8, 4) is 5.75 Å². The lowest BCUT2D eigenvalue weighted by Gasteiger charge is -2.27. The topological polar surface area (TPSA) is 111 Å². The summed E-state index contributed by atoms with van der Waals surface area (Å²) < 4.78 is 15.6. The monoisotopic (exact) mass is 362 g/mol. The number of nitrogens with one attached hydrogen (secondary N) is 1. The number of ether oxygens (including phenoxy) is 3. The van der Waals surface area contributed by atoms with Crippen LogP contribution in [0.15, 0.2) is 18.2 Å². The molecule has 1 N–H and O–H groups in total. The highest BCUT2D eigenvalue weighted by Crippen LogP contribution is 2.30. The minimum atomic E-state index is -0.990. The molecule has 0 aromatic heterocycles. The first-order valence-electron chi connectivity index (χ1n) is 8.00. The lowest BCUT2D eigenvalue weighted by atomic mass is 10.0. The summed E-state index contributed by atoms with van der Waals surface area (Å²) in [4.78, 5) is 49.4. The highest BCUT2D eigenvalue weighted by molar-refractivity contribution is 6.23. The minimum Gasteiger partial charge on any atom is -0.488 e. The third-order valence-electron chi connectivity index (χ3n) is 4.32. The zero-order valence-electron chi connectivity index (χ0n) is 14.3. The van der Waals surface area contributed by atoms with Crippen molar-refractivity contribution in [2.45, 2.75) is 25.2 Å². The van der Waals surface area contributed by atoms with Gasteiger partial charge in [-0.25, -0.2) is 0 Å². The molecule has 1 fully saturated rings. The van der Waals surface area contributed by atoms with Crippen LogP contribution in [0.3, 0.4) is 0 Å². The van der Waals surface area contributed by atoms with Crippen LogP contribution in [0.25, 0.3) is 0 Å². The number of carbonyl (C=O) groups is 4. The first-order valence-corrected chi connectivity index (χ1v) is 8.00. The van der Waals surface area contributed by atoms with E-state index < -0.39 is 36.0 Å². The van der Waals surface area contributed by atoms with Crippen LogP contribution in [-0.4, -0.2) is 61.7 Å². The molecule has 0 radical (unpaired) electrons. The Balaban J connectivity index is 1.79. The fraction of sp³-hybridized carbons (Fsp3) is 0.412. The summed E-state index contributed by atoms with van der Waals surface area (Å²) in [7, 11) is 2.94. The first kappa shape index (κ1) is 18.0. The SMILES string of the molecule is COC(COc1ccc2c(c1)C(=O)N(C1CCC(=O)NC1=O)C2=O)OC. The number of nitrogens with zero attached hydrogens (tertiary/aromatic N) is 1. The summed E-state index contributed by atoms with van der Waals surface area (Å²) >= 11 is 0. The summed E-state index contributed by atoms with van der Waals surface area (Å²) in [5, 5.41) is 2.15. The average molecular weight is 362 g/mol. The number of benzene rings is 1. The van der Waals surface area contributed by atoms with E-state index in [2.05, 4.69) is 5.32 Å². The van der Waals surface area contributed by atoms with Crippen LogP contribution in [-0.2, 0) is 19.1 Å². The maximum atomic E-state index is 12.7. The van der Waals surface area contributed by atoms with Gasteiger partial charge in [0.1, 0.15) is 18.4 Å². The number of hydrogen-bond donors (Lipinski definition) is 1. The Bertz CT molecular complexity index is 772. The van der Waals surface area contributed by atoms with Crippen molar-refractivity contribution in [3.63, 3.8) is 0 Å². The van der Waals surface area contributed by atoms with Crippen LogP contribution in [0.1, 0.15) is 33.6 Å². The normalized spacial score (nSPS) is 19.8. The van der Waals surface area contributed by atoms with Crippen molar-refractivity contribution in [1.29, 1.82) is 0 Å². The van der Waals surface area contributed by atoms with Gasteiger partial charge < -0.3 is 14.2 Å². The molecule has 0 spiro atoms. The molecular weight excluding hydrogens is 344 g/mol. The molecule has 2 aliphatic rings. The minimum absolute atomic E-state index is 0.0770. The number of imide groups is 2. The predicted molar refractivity (Wildman–Crippen MR) is 86.4 cm³/mol. The van der Waals surface area contributed by atoms with E-state index >= 15 is 0 Å². The third kappa shape index (κ3) is 3.18. The number of fused-ring (bicyclic) bond motifs is 1. The fourth-order valence-corrected chi connectivity index (χ4v) is 2.94. The van der Waals surface area contributed by atoms with E-state index in [0.717, 1.165) is 4.90 Å². The van der Waals surface area contributed by atoms with Gasteiger partial charge in [-0.05, 0) is 24.6 Å². The average Bonchev–Trinajstić information content (AvgIpc) is 2.87. The van der Waals surface area contributed by atoms with Crippen LogP contribution in [0.2, 0.25) is 0 Å². The number of methoxy groups -OCH3 is 2. The molecule has 9 heteroatoms. The Morgan fingerprint density at radius 2 is 1.81 bits per heavy atom. The van der Waals surface area contributed by atoms with E-state index in [0.29, 0.717) is 5.75 Å². The van der Waals surface area contributed by atoms with Gasteiger partial charge in [0.15, 0.2) is 6.29 Å². The summed E-state index contributed by atoms with van der Waals surface area (Å²) in [6.45, 7) is 0.102. The fourth-order valence-electron chi connectivity index (χ4n) is 2.94. The number of hydrogen-bond acceptors (Lipinski definition) is 7. The zero-order chi connectivity index (χ0) is 18.8. The van der Waals surface area contributed by atoms with Gasteiger partial charge in [-0.1, -0.05) is 0 Å². The molecule has 1 aromatic carbocycles. The third-order valence-corrected chi connectivity index (χ3v) is 4.32. The van der Waals surface area contributed by atoms with E-state index in [1.165, 1.54) is 26.4 Å². The zero-order valence-corrected chi connectivity index (χ0v) is 14.3. The van der Waals surface area contributed by atoms with E-state index in [1.54, 1.807) is 6.07 Å². The molecule has 0 saturated carbocycles. The van der Waals surface area contributed by atoms with Gasteiger partial charge in [-0.15, -0.1) is 0 Å². The maximum absolute atomic E-state index is 12.7. The Labute approximate surface area is 149 Å². The van der Waals surface area contributed by atoms with Crippen molar-refractivity contribution in [2.24, 2.45) is 0 Å². The van der Waals surface area contributed by atoms with Crippen LogP contribution in [0.4, 0.5) is 0 Å². The summed E-state index contributed by atoms with van der Waals surface area (Å²) in [6, 6.07) is 3.49. The van der Waals surface area contributed by atoms with E-state index in [4.69, 9.17) is 14.2 Å². The molecule has 1 aromatic rings. The van der Waals surface area contributed by atoms with Gasteiger partial charge in [0.25, 0.3) is 11.8 Å². The molecular formula is C17H18N2O7. The van der Waals surface area contributed by atoms with Gasteiger partial charge >= 0.3 is 0 Å². The quantitative estimate of drug-likeness (QED) is 0.564. The van der Waals surface area contributed by atoms with Gasteiger partial charge in [0.05, 0.1) is 11.1 Å². The summed E-state index contributed by atoms with van der Waals surface area (Å²) in [5.41, 5.74) is 0.352. The predicted octanol–water partition coefficient (Wildman–Crippen LogP) is 0.0855.